The Kier molecular flexibility index (Phi) is 10.2. The summed E-state index contributed by atoms with van der Waals surface area (Å²) in [6.45, 7) is 1.86. The molecule has 4 aliphatic rings. The van der Waals surface area contributed by atoms with Gasteiger partial charge in [-0.3, -0.25) is 39.1 Å². The predicted molar refractivity (Wildman–Crippen MR) is 207 cm³/mol. The minimum atomic E-state index is -4.78. The quantitative estimate of drug-likeness (QED) is 0.119. The highest BCUT2D eigenvalue weighted by molar-refractivity contribution is 6.23. The molecule has 3 saturated heterocycles. The number of amides is 5. The van der Waals surface area contributed by atoms with Crippen LogP contribution >= 0.6 is 0 Å². The third-order valence-electron chi connectivity index (χ3n) is 11.3. The first-order valence-electron chi connectivity index (χ1n) is 18.9. The normalized spacial score (nSPS) is 20.2. The number of aromatic nitrogens is 1. The van der Waals surface area contributed by atoms with Gasteiger partial charge in [-0.05, 0) is 61.2 Å². The van der Waals surface area contributed by atoms with E-state index in [1.807, 2.05) is 0 Å². The highest BCUT2D eigenvalue weighted by Gasteiger charge is 2.47. The Labute approximate surface area is 334 Å². The van der Waals surface area contributed by atoms with Gasteiger partial charge in [0, 0.05) is 69.2 Å². The summed E-state index contributed by atoms with van der Waals surface area (Å²) in [6, 6.07) is 14.3. The maximum atomic E-state index is 15.7. The van der Waals surface area contributed by atoms with E-state index in [0.717, 1.165) is 23.1 Å². The van der Waals surface area contributed by atoms with Crippen LogP contribution in [-0.4, -0.2) is 96.2 Å². The number of para-hydroxylation sites is 1. The van der Waals surface area contributed by atoms with Crippen molar-refractivity contribution in [3.63, 3.8) is 0 Å². The number of carbonyl (C=O) groups excluding carboxylic acids is 5. The molecular weight excluding hydrogens is 776 g/mol. The zero-order valence-corrected chi connectivity index (χ0v) is 31.8. The van der Waals surface area contributed by atoms with Crippen LogP contribution in [0.3, 0.4) is 0 Å². The molecule has 0 radical (unpaired) electrons. The molecule has 2 bridgehead atoms. The van der Waals surface area contributed by atoms with E-state index in [9.17, 15) is 37.1 Å². The minimum Gasteiger partial charge on any atom is -0.495 e. The van der Waals surface area contributed by atoms with E-state index < -0.39 is 53.1 Å². The average molecular weight is 815 g/mol. The van der Waals surface area contributed by atoms with Crippen LogP contribution in [0.25, 0.3) is 0 Å². The second-order valence-electron chi connectivity index (χ2n) is 14.7. The number of methoxy groups -OCH3 is 1. The summed E-state index contributed by atoms with van der Waals surface area (Å²) >= 11 is 0. The van der Waals surface area contributed by atoms with Crippen molar-refractivity contribution in [3.8, 4) is 5.75 Å². The van der Waals surface area contributed by atoms with Crippen molar-refractivity contribution in [3.05, 3.63) is 100 Å². The summed E-state index contributed by atoms with van der Waals surface area (Å²) in [5.74, 6) is -3.07. The van der Waals surface area contributed by atoms with Gasteiger partial charge < -0.3 is 25.6 Å². The van der Waals surface area contributed by atoms with Gasteiger partial charge in [0.15, 0.2) is 0 Å². The summed E-state index contributed by atoms with van der Waals surface area (Å²) in [4.78, 5) is 72.4. The molecule has 0 spiro atoms. The molecule has 3 fully saturated rings. The summed E-state index contributed by atoms with van der Waals surface area (Å²) in [5, 5.41) is 10.3. The molecule has 0 aliphatic carbocycles. The van der Waals surface area contributed by atoms with E-state index in [2.05, 4.69) is 36.1 Å². The number of imide groups is 2. The topological polar surface area (TPSA) is 165 Å². The Morgan fingerprint density at radius 1 is 0.932 bits per heavy atom. The number of fused-ring (bicyclic) bond motifs is 3. The number of benzene rings is 3. The number of nitrogens with zero attached hydrogens (tertiary/aromatic N) is 4. The molecule has 5 amide bonds. The number of hydrogen-bond donors (Lipinski definition) is 4. The van der Waals surface area contributed by atoms with Crippen molar-refractivity contribution in [2.45, 2.75) is 50.0 Å². The van der Waals surface area contributed by atoms with E-state index in [1.165, 1.54) is 32.4 Å². The zero-order chi connectivity index (χ0) is 41.7. The molecule has 14 nitrogen and oxygen atoms in total. The molecule has 4 aromatic rings. The Hall–Kier alpha value is -6.56. The first-order valence-corrected chi connectivity index (χ1v) is 18.9. The standard InChI is InChI=1S/C41H38F4N8O6/c1-46-37(55)26-5-3-4-6-30(26)48-31-17-35(47-18-28(31)41(43,44)45)49-32-16-29(42)21(13-34(32)59-2)11-12-51-19-24-14-23(51)20-52(24)22-7-8-25-27(15-22)40(58)53(39(25)57)33-9-10-36(54)50-38(33)56/h3-8,13,15-18,23-24,33H,9-12,14,19-20H2,1-2H3,(H,46,55)(H2,47,48,49)(H,50,54,56)/t23-,24-,33?/m1/s1. The van der Waals surface area contributed by atoms with Crippen LogP contribution in [0.1, 0.15) is 61.5 Å². The molecule has 5 heterocycles. The Morgan fingerprint density at radius 2 is 1.71 bits per heavy atom. The van der Waals surface area contributed by atoms with Crippen LogP contribution < -0.4 is 30.9 Å². The second-order valence-corrected chi connectivity index (χ2v) is 14.7. The van der Waals surface area contributed by atoms with E-state index >= 15 is 4.39 Å². The Bertz CT molecular complexity index is 2410. The maximum Gasteiger partial charge on any atom is 0.419 e. The molecule has 1 unspecified atom stereocenters. The average Bonchev–Trinajstić information content (AvgIpc) is 3.88. The van der Waals surface area contributed by atoms with Gasteiger partial charge in [0.2, 0.25) is 11.8 Å². The van der Waals surface area contributed by atoms with Gasteiger partial charge in [-0.2, -0.15) is 13.2 Å². The molecular formula is C41H38F4N8O6. The van der Waals surface area contributed by atoms with Crippen LogP contribution in [0.5, 0.6) is 5.75 Å². The van der Waals surface area contributed by atoms with Gasteiger partial charge in [-0.15, -0.1) is 0 Å². The number of nitrogens with one attached hydrogen (secondary N) is 4. The lowest BCUT2D eigenvalue weighted by molar-refractivity contribution is -0.137. The van der Waals surface area contributed by atoms with Gasteiger partial charge in [0.1, 0.15) is 23.4 Å². The lowest BCUT2D eigenvalue weighted by Crippen LogP contribution is -2.54. The number of piperazine rings is 1. The molecule has 3 aromatic carbocycles. The van der Waals surface area contributed by atoms with Crippen molar-refractivity contribution in [1.82, 2.24) is 25.4 Å². The Morgan fingerprint density at radius 3 is 2.42 bits per heavy atom. The molecule has 306 valence electrons. The predicted octanol–water partition coefficient (Wildman–Crippen LogP) is 5.00. The number of ether oxygens (including phenoxy) is 1. The molecule has 1 aromatic heterocycles. The molecule has 18 heteroatoms. The van der Waals surface area contributed by atoms with Crippen LogP contribution in [0.2, 0.25) is 0 Å². The van der Waals surface area contributed by atoms with Gasteiger partial charge >= 0.3 is 6.18 Å². The first-order chi connectivity index (χ1) is 28.2. The van der Waals surface area contributed by atoms with Crippen LogP contribution in [0.4, 0.5) is 46.1 Å². The number of alkyl halides is 3. The smallest absolute Gasteiger partial charge is 0.419 e. The van der Waals surface area contributed by atoms with Crippen molar-refractivity contribution >= 4 is 58.1 Å². The second kappa shape index (κ2) is 15.3. The van der Waals surface area contributed by atoms with Crippen LogP contribution in [0, 0.1) is 5.82 Å². The molecule has 4 aliphatic heterocycles. The number of likely N-dealkylation sites (tertiary alicyclic amines) is 1. The molecule has 8 rings (SSSR count). The Balaban J connectivity index is 0.926. The van der Waals surface area contributed by atoms with Crippen molar-refractivity contribution in [1.29, 1.82) is 0 Å². The lowest BCUT2D eigenvalue weighted by Gasteiger charge is -2.35. The van der Waals surface area contributed by atoms with Crippen LogP contribution in [-0.2, 0) is 22.2 Å². The molecule has 59 heavy (non-hydrogen) atoms. The number of piperidine rings is 1. The number of carbonyl (C=O) groups is 5. The minimum absolute atomic E-state index is 0.0352. The van der Waals surface area contributed by atoms with Crippen LogP contribution in [0.15, 0.2) is 66.9 Å². The fraction of sp³-hybridized carbons (Fsp3) is 0.317. The fourth-order valence-corrected chi connectivity index (χ4v) is 8.36. The molecule has 4 N–H and O–H groups in total. The molecule has 3 atom stereocenters. The fourth-order valence-electron chi connectivity index (χ4n) is 8.36. The van der Waals surface area contributed by atoms with Crippen molar-refractivity contribution in [2.24, 2.45) is 0 Å². The van der Waals surface area contributed by atoms with Gasteiger partial charge in [-0.1, -0.05) is 12.1 Å². The number of anilines is 5. The molecule has 0 saturated carbocycles. The van der Waals surface area contributed by atoms with E-state index in [0.29, 0.717) is 37.8 Å². The maximum absolute atomic E-state index is 15.7. The van der Waals surface area contributed by atoms with E-state index in [4.69, 9.17) is 4.74 Å². The third kappa shape index (κ3) is 7.39. The van der Waals surface area contributed by atoms with Crippen molar-refractivity contribution < 1.29 is 46.3 Å². The summed E-state index contributed by atoms with van der Waals surface area (Å²) in [6.07, 6.45) is -2.83. The first kappa shape index (κ1) is 39.3. The van der Waals surface area contributed by atoms with Crippen molar-refractivity contribution in [2.75, 3.05) is 49.3 Å². The number of pyridine rings is 1. The number of hydrogen-bond acceptors (Lipinski definition) is 11. The number of rotatable bonds is 11. The summed E-state index contributed by atoms with van der Waals surface area (Å²) in [5.41, 5.74) is 0.548. The SMILES string of the molecule is CNC(=O)c1ccccc1Nc1cc(Nc2cc(F)c(CCN3C[C@H]4C[C@@H]3CN4c3ccc4c(c3)C(=O)N(C3CCC(=O)NC3=O)C4=O)cc2OC)ncc1C(F)(F)F. The van der Waals surface area contributed by atoms with E-state index in [1.54, 1.807) is 36.4 Å². The van der Waals surface area contributed by atoms with Gasteiger partial charge in [0.05, 0.1) is 46.4 Å². The van der Waals surface area contributed by atoms with Gasteiger partial charge in [-0.25, -0.2) is 9.37 Å². The lowest BCUT2D eigenvalue weighted by atomic mass is 10.0. The van der Waals surface area contributed by atoms with Gasteiger partial charge in [0.25, 0.3) is 17.7 Å². The monoisotopic (exact) mass is 814 g/mol. The highest BCUT2D eigenvalue weighted by atomic mass is 19.4. The van der Waals surface area contributed by atoms with E-state index in [-0.39, 0.29) is 70.2 Å². The third-order valence-corrected chi connectivity index (χ3v) is 11.3. The highest BCUT2D eigenvalue weighted by Crippen LogP contribution is 2.40. The summed E-state index contributed by atoms with van der Waals surface area (Å²) in [7, 11) is 2.81. The zero-order valence-electron chi connectivity index (χ0n) is 31.8. The largest absolute Gasteiger partial charge is 0.495 e. The number of halogens is 4. The summed E-state index contributed by atoms with van der Waals surface area (Å²) < 4.78 is 63.3.